The van der Waals surface area contributed by atoms with Crippen LogP contribution in [0.4, 0.5) is 0 Å². The second kappa shape index (κ2) is 7.15. The quantitative estimate of drug-likeness (QED) is 0.583. The van der Waals surface area contributed by atoms with E-state index in [0.717, 1.165) is 7.11 Å². The number of carbonyl (C=O) groups is 3. The predicted molar refractivity (Wildman–Crippen MR) is 64.3 cm³/mol. The first-order chi connectivity index (χ1) is 9.08. The molecule has 1 aromatic rings. The van der Waals surface area contributed by atoms with E-state index >= 15 is 0 Å². The van der Waals surface area contributed by atoms with E-state index in [9.17, 15) is 14.4 Å². The molecule has 0 aliphatic carbocycles. The van der Waals surface area contributed by atoms with E-state index in [1.54, 1.807) is 18.2 Å². The van der Waals surface area contributed by atoms with E-state index in [4.69, 9.17) is 4.74 Å². The van der Waals surface area contributed by atoms with Crippen LogP contribution in [0.3, 0.4) is 0 Å². The van der Waals surface area contributed by atoms with Crippen molar-refractivity contribution in [2.24, 2.45) is 0 Å². The Kier molecular flexibility index (Phi) is 5.53. The number of esters is 3. The van der Waals surface area contributed by atoms with Crippen molar-refractivity contribution in [3.8, 4) is 0 Å². The Labute approximate surface area is 110 Å². The van der Waals surface area contributed by atoms with Crippen LogP contribution in [-0.4, -0.2) is 38.2 Å². The molecule has 6 nitrogen and oxygen atoms in total. The second-order valence-electron chi connectivity index (χ2n) is 3.56. The maximum Gasteiger partial charge on any atom is 0.347 e. The van der Waals surface area contributed by atoms with Gasteiger partial charge in [-0.25, -0.2) is 9.59 Å². The van der Waals surface area contributed by atoms with E-state index in [2.05, 4.69) is 9.47 Å². The number of hydrogen-bond donors (Lipinski definition) is 0. The standard InChI is InChI=1S/C13H14O6/c1-17-11(14)8-10(13(16)18-2)19-12(15)9-6-4-3-5-7-9/h3-7,10H,8H2,1-2H3/t10-/m1/s1. The lowest BCUT2D eigenvalue weighted by atomic mass is 10.2. The lowest BCUT2D eigenvalue weighted by Gasteiger charge is -2.14. The van der Waals surface area contributed by atoms with Gasteiger partial charge in [0.1, 0.15) is 0 Å². The Hall–Kier alpha value is -2.37. The summed E-state index contributed by atoms with van der Waals surface area (Å²) in [7, 11) is 2.32. The third-order valence-corrected chi connectivity index (χ3v) is 2.30. The molecule has 0 aliphatic rings. The third kappa shape index (κ3) is 4.42. The first-order valence-corrected chi connectivity index (χ1v) is 5.49. The zero-order chi connectivity index (χ0) is 14.3. The largest absolute Gasteiger partial charge is 0.469 e. The molecule has 1 rings (SSSR count). The van der Waals surface area contributed by atoms with Gasteiger partial charge in [-0.1, -0.05) is 18.2 Å². The number of hydrogen-bond acceptors (Lipinski definition) is 6. The normalized spacial score (nSPS) is 11.3. The van der Waals surface area contributed by atoms with Crippen molar-refractivity contribution in [1.29, 1.82) is 0 Å². The average molecular weight is 266 g/mol. The minimum Gasteiger partial charge on any atom is -0.469 e. The van der Waals surface area contributed by atoms with Gasteiger partial charge < -0.3 is 14.2 Å². The predicted octanol–water partition coefficient (Wildman–Crippen LogP) is 0.948. The number of methoxy groups -OCH3 is 2. The molecule has 0 amide bonds. The summed E-state index contributed by atoms with van der Waals surface area (Å²) in [6.07, 6.45) is -1.70. The molecule has 102 valence electrons. The lowest BCUT2D eigenvalue weighted by molar-refractivity contribution is -0.157. The summed E-state index contributed by atoms with van der Waals surface area (Å²) in [5.41, 5.74) is 0.279. The highest BCUT2D eigenvalue weighted by Crippen LogP contribution is 2.08. The van der Waals surface area contributed by atoms with Crippen molar-refractivity contribution in [3.63, 3.8) is 0 Å². The highest BCUT2D eigenvalue weighted by Gasteiger charge is 2.27. The molecule has 1 aromatic carbocycles. The summed E-state index contributed by atoms with van der Waals surface area (Å²) in [5, 5.41) is 0. The van der Waals surface area contributed by atoms with Crippen LogP contribution in [0.1, 0.15) is 16.8 Å². The summed E-state index contributed by atoms with van der Waals surface area (Å²) in [6.45, 7) is 0. The van der Waals surface area contributed by atoms with E-state index in [1.807, 2.05) is 0 Å². The summed E-state index contributed by atoms with van der Waals surface area (Å²) in [5.74, 6) is -2.19. The van der Waals surface area contributed by atoms with Crippen molar-refractivity contribution >= 4 is 17.9 Å². The van der Waals surface area contributed by atoms with Crippen LogP contribution in [-0.2, 0) is 23.8 Å². The Morgan fingerprint density at radius 1 is 1.05 bits per heavy atom. The first kappa shape index (κ1) is 14.7. The fourth-order valence-electron chi connectivity index (χ4n) is 1.31. The zero-order valence-corrected chi connectivity index (χ0v) is 10.6. The fourth-order valence-corrected chi connectivity index (χ4v) is 1.31. The SMILES string of the molecule is COC(=O)C[C@@H](OC(=O)c1ccccc1)C(=O)OC. The maximum atomic E-state index is 11.8. The van der Waals surface area contributed by atoms with Crippen LogP contribution >= 0.6 is 0 Å². The zero-order valence-electron chi connectivity index (χ0n) is 10.6. The fraction of sp³-hybridized carbons (Fsp3) is 0.308. The second-order valence-corrected chi connectivity index (χ2v) is 3.56. The lowest BCUT2D eigenvalue weighted by Crippen LogP contribution is -2.31. The van der Waals surface area contributed by atoms with E-state index in [-0.39, 0.29) is 12.0 Å². The average Bonchev–Trinajstić information content (AvgIpc) is 2.46. The Morgan fingerprint density at radius 3 is 2.21 bits per heavy atom. The topological polar surface area (TPSA) is 78.9 Å². The molecule has 0 saturated heterocycles. The van der Waals surface area contributed by atoms with Crippen molar-refractivity contribution in [2.75, 3.05) is 14.2 Å². The highest BCUT2D eigenvalue weighted by atomic mass is 16.6. The summed E-state index contributed by atoms with van der Waals surface area (Å²) in [6, 6.07) is 8.13. The minimum atomic E-state index is -1.31. The monoisotopic (exact) mass is 266 g/mol. The van der Waals surface area contributed by atoms with Gasteiger partial charge in [-0.05, 0) is 12.1 Å². The molecule has 0 aromatic heterocycles. The molecule has 6 heteroatoms. The molecule has 0 bridgehead atoms. The minimum absolute atomic E-state index is 0.279. The summed E-state index contributed by atoms with van der Waals surface area (Å²) in [4.78, 5) is 34.3. The van der Waals surface area contributed by atoms with E-state index in [0.29, 0.717) is 0 Å². The van der Waals surface area contributed by atoms with Gasteiger partial charge in [0, 0.05) is 0 Å². The van der Waals surface area contributed by atoms with Crippen molar-refractivity contribution in [3.05, 3.63) is 35.9 Å². The summed E-state index contributed by atoms with van der Waals surface area (Å²) < 4.78 is 13.8. The van der Waals surface area contributed by atoms with Gasteiger partial charge in [-0.15, -0.1) is 0 Å². The molecule has 0 unspecified atom stereocenters. The molecule has 0 heterocycles. The number of benzene rings is 1. The van der Waals surface area contributed by atoms with Crippen LogP contribution in [0, 0.1) is 0 Å². The molecule has 0 saturated carbocycles. The Morgan fingerprint density at radius 2 is 1.68 bits per heavy atom. The molecule has 0 aliphatic heterocycles. The number of rotatable bonds is 5. The van der Waals surface area contributed by atoms with Crippen LogP contribution in [0.25, 0.3) is 0 Å². The van der Waals surface area contributed by atoms with Crippen molar-refractivity contribution < 1.29 is 28.6 Å². The molecule has 0 spiro atoms. The molecule has 0 N–H and O–H groups in total. The van der Waals surface area contributed by atoms with E-state index in [1.165, 1.54) is 19.2 Å². The maximum absolute atomic E-state index is 11.8. The smallest absolute Gasteiger partial charge is 0.347 e. The van der Waals surface area contributed by atoms with Crippen molar-refractivity contribution in [1.82, 2.24) is 0 Å². The van der Waals surface area contributed by atoms with Crippen LogP contribution in [0.15, 0.2) is 30.3 Å². The molecule has 1 atom stereocenters. The van der Waals surface area contributed by atoms with Gasteiger partial charge in [-0.2, -0.15) is 0 Å². The molecular formula is C13H14O6. The van der Waals surface area contributed by atoms with Gasteiger partial charge in [0.05, 0.1) is 26.2 Å². The third-order valence-electron chi connectivity index (χ3n) is 2.30. The number of ether oxygens (including phenoxy) is 3. The Bertz CT molecular complexity index is 453. The summed E-state index contributed by atoms with van der Waals surface area (Å²) >= 11 is 0. The van der Waals surface area contributed by atoms with Gasteiger partial charge in [0.15, 0.2) is 0 Å². The first-order valence-electron chi connectivity index (χ1n) is 5.49. The Balaban J connectivity index is 2.74. The molecule has 19 heavy (non-hydrogen) atoms. The molecule has 0 fully saturated rings. The van der Waals surface area contributed by atoms with E-state index < -0.39 is 24.0 Å². The highest BCUT2D eigenvalue weighted by molar-refractivity contribution is 5.92. The van der Waals surface area contributed by atoms with Gasteiger partial charge >= 0.3 is 17.9 Å². The van der Waals surface area contributed by atoms with Crippen molar-refractivity contribution in [2.45, 2.75) is 12.5 Å². The molecule has 0 radical (unpaired) electrons. The van der Waals surface area contributed by atoms with Gasteiger partial charge in [-0.3, -0.25) is 4.79 Å². The van der Waals surface area contributed by atoms with Crippen LogP contribution in [0.2, 0.25) is 0 Å². The number of carbonyl (C=O) groups excluding carboxylic acids is 3. The van der Waals surface area contributed by atoms with Gasteiger partial charge in [0.25, 0.3) is 0 Å². The molecular weight excluding hydrogens is 252 g/mol. The van der Waals surface area contributed by atoms with Gasteiger partial charge in [0.2, 0.25) is 6.10 Å². The van der Waals surface area contributed by atoms with Crippen LogP contribution < -0.4 is 0 Å². The van der Waals surface area contributed by atoms with Crippen LogP contribution in [0.5, 0.6) is 0 Å².